The van der Waals surface area contributed by atoms with Crippen molar-refractivity contribution in [2.45, 2.75) is 17.5 Å². The number of hydrogen-bond donors (Lipinski definition) is 1. The molecular weight excluding hydrogens is 346 g/mol. The highest BCUT2D eigenvalue weighted by Crippen LogP contribution is 2.21. The molecule has 1 aromatic heterocycles. The molecule has 1 N–H and O–H groups in total. The van der Waals surface area contributed by atoms with Crippen molar-refractivity contribution < 1.29 is 9.59 Å². The van der Waals surface area contributed by atoms with Gasteiger partial charge in [-0.3, -0.25) is 9.59 Å². The highest BCUT2D eigenvalue weighted by molar-refractivity contribution is 7.99. The molecule has 1 saturated heterocycles. The van der Waals surface area contributed by atoms with Crippen LogP contribution in [0.15, 0.2) is 59.8 Å². The van der Waals surface area contributed by atoms with Gasteiger partial charge in [-0.05, 0) is 24.1 Å². The van der Waals surface area contributed by atoms with Crippen LogP contribution in [0.25, 0.3) is 6.08 Å². The van der Waals surface area contributed by atoms with Gasteiger partial charge < -0.3 is 10.2 Å². The van der Waals surface area contributed by atoms with E-state index < -0.39 is 6.04 Å². The number of pyridine rings is 1. The number of amides is 2. The number of carbonyl (C=O) groups excluding carboxylic acids is 2. The quantitative estimate of drug-likeness (QED) is 0.798. The van der Waals surface area contributed by atoms with Gasteiger partial charge in [0.05, 0.1) is 5.56 Å². The van der Waals surface area contributed by atoms with E-state index in [-0.39, 0.29) is 11.8 Å². The maximum atomic E-state index is 12.6. The Morgan fingerprint density at radius 2 is 2.12 bits per heavy atom. The van der Waals surface area contributed by atoms with Crippen LogP contribution in [-0.4, -0.2) is 47.1 Å². The molecule has 6 heteroatoms. The Balaban J connectivity index is 1.61. The predicted octanol–water partition coefficient (Wildman–Crippen LogP) is 2.85. The van der Waals surface area contributed by atoms with Crippen molar-refractivity contribution in [2.75, 3.05) is 19.3 Å². The molecule has 0 aliphatic carbocycles. The lowest BCUT2D eigenvalue weighted by Crippen LogP contribution is -2.40. The molecule has 3 rings (SSSR count). The number of benzene rings is 1. The molecule has 0 radical (unpaired) electrons. The molecule has 2 heterocycles. The number of thioether (sulfide) groups is 1. The molecule has 0 saturated carbocycles. The molecular formula is C20H21N3O2S. The molecule has 134 valence electrons. The van der Waals surface area contributed by atoms with Crippen LogP contribution in [0.4, 0.5) is 0 Å². The van der Waals surface area contributed by atoms with Crippen LogP contribution in [0.1, 0.15) is 22.3 Å². The van der Waals surface area contributed by atoms with Crippen molar-refractivity contribution in [2.24, 2.45) is 0 Å². The Bertz CT molecular complexity index is 808. The number of aromatic nitrogens is 1. The van der Waals surface area contributed by atoms with Crippen LogP contribution in [0.5, 0.6) is 0 Å². The van der Waals surface area contributed by atoms with Gasteiger partial charge in [-0.25, -0.2) is 4.98 Å². The van der Waals surface area contributed by atoms with Crippen molar-refractivity contribution in [3.8, 4) is 0 Å². The fourth-order valence-electron chi connectivity index (χ4n) is 2.75. The Hall–Kier alpha value is -2.60. The third-order valence-corrected chi connectivity index (χ3v) is 5.13. The van der Waals surface area contributed by atoms with Crippen molar-refractivity contribution >= 4 is 29.7 Å². The molecule has 1 aliphatic heterocycles. The highest BCUT2D eigenvalue weighted by atomic mass is 32.2. The van der Waals surface area contributed by atoms with E-state index in [2.05, 4.69) is 10.3 Å². The predicted molar refractivity (Wildman–Crippen MR) is 104 cm³/mol. The van der Waals surface area contributed by atoms with Crippen LogP contribution in [-0.2, 0) is 4.79 Å². The third-order valence-electron chi connectivity index (χ3n) is 4.17. The molecule has 1 fully saturated rings. The summed E-state index contributed by atoms with van der Waals surface area (Å²) >= 11 is 1.50. The highest BCUT2D eigenvalue weighted by Gasteiger charge is 2.30. The third kappa shape index (κ3) is 4.52. The zero-order valence-electron chi connectivity index (χ0n) is 14.6. The van der Waals surface area contributed by atoms with Crippen molar-refractivity contribution in [3.05, 3.63) is 65.9 Å². The minimum absolute atomic E-state index is 0.0396. The van der Waals surface area contributed by atoms with Gasteiger partial charge in [-0.1, -0.05) is 42.5 Å². The molecule has 0 unspecified atom stereocenters. The average Bonchev–Trinajstić information content (AvgIpc) is 2.98. The van der Waals surface area contributed by atoms with E-state index in [1.54, 1.807) is 30.3 Å². The average molecular weight is 367 g/mol. The number of nitrogens with zero attached hydrogens (tertiary/aromatic N) is 2. The maximum Gasteiger partial charge on any atom is 0.254 e. The smallest absolute Gasteiger partial charge is 0.254 e. The van der Waals surface area contributed by atoms with E-state index in [0.29, 0.717) is 29.3 Å². The summed E-state index contributed by atoms with van der Waals surface area (Å²) in [6, 6.07) is 13.1. The number of nitrogens with one attached hydrogen (secondary N) is 1. The Morgan fingerprint density at radius 1 is 1.31 bits per heavy atom. The summed E-state index contributed by atoms with van der Waals surface area (Å²) in [7, 11) is 1.75. The zero-order valence-corrected chi connectivity index (χ0v) is 15.4. The summed E-state index contributed by atoms with van der Waals surface area (Å²) in [5.74, 6) is 0.417. The molecule has 2 amide bonds. The Labute approximate surface area is 157 Å². The van der Waals surface area contributed by atoms with Crippen LogP contribution < -0.4 is 5.32 Å². The standard InChI is InChI=1S/C20H21N3O2S/c1-23-13-11-17(20(23)25)22-18(24)16-10-5-12-21-19(16)26-14-6-9-15-7-3-2-4-8-15/h2-10,12,17H,11,13-14H2,1H3,(H,22,24)/b9-6+/t17-/m0/s1. The van der Waals surface area contributed by atoms with Crippen LogP contribution in [0, 0.1) is 0 Å². The van der Waals surface area contributed by atoms with Gasteiger partial charge >= 0.3 is 0 Å². The summed E-state index contributed by atoms with van der Waals surface area (Å²) in [6.07, 6.45) is 6.41. The number of likely N-dealkylation sites (N-methyl/N-ethyl adjacent to an activating group) is 1. The van der Waals surface area contributed by atoms with Crippen LogP contribution in [0.2, 0.25) is 0 Å². The second-order valence-corrected chi connectivity index (χ2v) is 7.06. The molecule has 1 atom stereocenters. The van der Waals surface area contributed by atoms with E-state index in [1.807, 2.05) is 42.5 Å². The number of hydrogen-bond acceptors (Lipinski definition) is 4. The summed E-state index contributed by atoms with van der Waals surface area (Å²) in [6.45, 7) is 0.669. The number of likely N-dealkylation sites (tertiary alicyclic amines) is 1. The van der Waals surface area contributed by atoms with E-state index in [1.165, 1.54) is 11.8 Å². The zero-order chi connectivity index (χ0) is 18.4. The van der Waals surface area contributed by atoms with Gasteiger partial charge in [0, 0.05) is 25.5 Å². The van der Waals surface area contributed by atoms with E-state index in [9.17, 15) is 9.59 Å². The molecule has 26 heavy (non-hydrogen) atoms. The maximum absolute atomic E-state index is 12.6. The van der Waals surface area contributed by atoms with Gasteiger partial charge in [0.1, 0.15) is 11.1 Å². The van der Waals surface area contributed by atoms with E-state index >= 15 is 0 Å². The minimum atomic E-state index is -0.441. The van der Waals surface area contributed by atoms with Crippen molar-refractivity contribution in [1.82, 2.24) is 15.2 Å². The lowest BCUT2D eigenvalue weighted by Gasteiger charge is -2.13. The largest absolute Gasteiger partial charge is 0.344 e. The molecule has 2 aromatic rings. The first kappa shape index (κ1) is 18.2. The summed E-state index contributed by atoms with van der Waals surface area (Å²) < 4.78 is 0. The Kier molecular flexibility index (Phi) is 6.07. The fraction of sp³-hybridized carbons (Fsp3) is 0.250. The second-order valence-electron chi connectivity index (χ2n) is 6.05. The van der Waals surface area contributed by atoms with Crippen LogP contribution >= 0.6 is 11.8 Å². The molecule has 0 bridgehead atoms. The summed E-state index contributed by atoms with van der Waals surface area (Å²) in [4.78, 5) is 30.5. The van der Waals surface area contributed by atoms with Gasteiger partial charge in [-0.2, -0.15) is 0 Å². The topological polar surface area (TPSA) is 62.3 Å². The van der Waals surface area contributed by atoms with Crippen molar-refractivity contribution in [3.63, 3.8) is 0 Å². The molecule has 1 aliphatic rings. The summed E-state index contributed by atoms with van der Waals surface area (Å²) in [5, 5.41) is 3.50. The SMILES string of the molecule is CN1CC[C@H](NC(=O)c2cccnc2SC/C=C/c2ccccc2)C1=O. The van der Waals surface area contributed by atoms with Gasteiger partial charge in [-0.15, -0.1) is 11.8 Å². The molecule has 0 spiro atoms. The number of carbonyl (C=O) groups is 2. The van der Waals surface area contributed by atoms with Gasteiger partial charge in [0.2, 0.25) is 5.91 Å². The first-order chi connectivity index (χ1) is 12.6. The minimum Gasteiger partial charge on any atom is -0.344 e. The first-order valence-corrected chi connectivity index (χ1v) is 9.49. The Morgan fingerprint density at radius 3 is 2.85 bits per heavy atom. The first-order valence-electron chi connectivity index (χ1n) is 8.50. The lowest BCUT2D eigenvalue weighted by atomic mass is 10.2. The fourth-order valence-corrected chi connectivity index (χ4v) is 3.55. The lowest BCUT2D eigenvalue weighted by molar-refractivity contribution is -0.128. The van der Waals surface area contributed by atoms with Crippen molar-refractivity contribution in [1.29, 1.82) is 0 Å². The second kappa shape index (κ2) is 8.67. The normalized spacial score (nSPS) is 17.0. The number of rotatable bonds is 6. The molecule has 1 aromatic carbocycles. The summed E-state index contributed by atoms with van der Waals surface area (Å²) in [5.41, 5.74) is 1.64. The molecule has 5 nitrogen and oxygen atoms in total. The van der Waals surface area contributed by atoms with Gasteiger partial charge in [0.25, 0.3) is 5.91 Å². The van der Waals surface area contributed by atoms with Crippen LogP contribution in [0.3, 0.4) is 0 Å². The van der Waals surface area contributed by atoms with E-state index in [0.717, 1.165) is 5.56 Å². The van der Waals surface area contributed by atoms with E-state index in [4.69, 9.17) is 0 Å². The monoisotopic (exact) mass is 367 g/mol. The van der Waals surface area contributed by atoms with Gasteiger partial charge in [0.15, 0.2) is 0 Å².